The van der Waals surface area contributed by atoms with E-state index < -0.39 is 17.8 Å². The Bertz CT molecular complexity index is 704. The molecule has 0 bridgehead atoms. The molecule has 0 fully saturated rings. The average molecular weight is 416 g/mol. The van der Waals surface area contributed by atoms with E-state index in [-0.39, 0.29) is 34.1 Å². The van der Waals surface area contributed by atoms with Gasteiger partial charge in [0.25, 0.3) is 0 Å². The molecule has 1 aromatic heterocycles. The topological polar surface area (TPSA) is 54.4 Å². The molecule has 4 nitrogen and oxygen atoms in total. The second-order valence-electron chi connectivity index (χ2n) is 4.94. The number of alkyl halides is 4. The maximum atomic E-state index is 12.5. The molecule has 2 N–H and O–H groups in total. The van der Waals surface area contributed by atoms with E-state index in [1.165, 1.54) is 12.1 Å². The number of aromatic nitrogens is 1. The summed E-state index contributed by atoms with van der Waals surface area (Å²) in [6.07, 6.45) is -4.57. The maximum absolute atomic E-state index is 12.5. The summed E-state index contributed by atoms with van der Waals surface area (Å²) in [6, 6.07) is 4.90. The molecule has 2 aromatic rings. The van der Waals surface area contributed by atoms with Gasteiger partial charge in [0.2, 0.25) is 5.88 Å². The second-order valence-corrected chi connectivity index (χ2v) is 6.07. The first-order chi connectivity index (χ1) is 11.7. The molecular weight excluding hydrogens is 404 g/mol. The van der Waals surface area contributed by atoms with Crippen molar-refractivity contribution in [1.29, 1.82) is 0 Å². The van der Waals surface area contributed by atoms with E-state index in [0.29, 0.717) is 11.9 Å². The van der Waals surface area contributed by atoms with Crippen LogP contribution in [0.5, 0.6) is 11.6 Å². The standard InChI is InChI=1S/C15H12Cl3F3N2O2/c16-5-10(24)7-22-9-3-11(17)14(12(18)4-9)25-13-2-1-8(6-23-13)15(19,20)21/h1-4,6,10,22,24H,5,7H2. The lowest BCUT2D eigenvalue weighted by atomic mass is 10.2. The average Bonchev–Trinajstić information content (AvgIpc) is 2.55. The first kappa shape index (κ1) is 19.9. The van der Waals surface area contributed by atoms with E-state index in [0.717, 1.165) is 12.1 Å². The summed E-state index contributed by atoms with van der Waals surface area (Å²) in [6.45, 7) is 0.191. The molecule has 0 saturated heterocycles. The lowest BCUT2D eigenvalue weighted by molar-refractivity contribution is -0.137. The van der Waals surface area contributed by atoms with Crippen molar-refractivity contribution in [1.82, 2.24) is 4.98 Å². The van der Waals surface area contributed by atoms with Crippen molar-refractivity contribution in [2.45, 2.75) is 12.3 Å². The van der Waals surface area contributed by atoms with Crippen LogP contribution in [0.4, 0.5) is 18.9 Å². The third kappa shape index (κ3) is 5.54. The predicted molar refractivity (Wildman–Crippen MR) is 91.0 cm³/mol. The Morgan fingerprint density at radius 3 is 2.32 bits per heavy atom. The molecule has 1 unspecified atom stereocenters. The van der Waals surface area contributed by atoms with Gasteiger partial charge in [-0.2, -0.15) is 13.2 Å². The monoisotopic (exact) mass is 414 g/mol. The highest BCUT2D eigenvalue weighted by Gasteiger charge is 2.30. The van der Waals surface area contributed by atoms with Gasteiger partial charge in [-0.05, 0) is 18.2 Å². The summed E-state index contributed by atoms with van der Waals surface area (Å²) in [7, 11) is 0. The fraction of sp³-hybridized carbons (Fsp3) is 0.267. The van der Waals surface area contributed by atoms with Crippen molar-refractivity contribution in [3.8, 4) is 11.6 Å². The first-order valence-electron chi connectivity index (χ1n) is 6.88. The lowest BCUT2D eigenvalue weighted by Crippen LogP contribution is -2.20. The van der Waals surface area contributed by atoms with E-state index in [4.69, 9.17) is 39.5 Å². The molecule has 1 aromatic carbocycles. The number of nitrogens with one attached hydrogen (secondary N) is 1. The van der Waals surface area contributed by atoms with Gasteiger partial charge in [-0.1, -0.05) is 23.2 Å². The molecule has 0 radical (unpaired) electrons. The molecule has 0 aliphatic heterocycles. The summed E-state index contributed by atoms with van der Waals surface area (Å²) < 4.78 is 42.9. The third-order valence-electron chi connectivity index (χ3n) is 2.99. The Balaban J connectivity index is 2.14. The van der Waals surface area contributed by atoms with Crippen LogP contribution >= 0.6 is 34.8 Å². The van der Waals surface area contributed by atoms with Crippen LogP contribution < -0.4 is 10.1 Å². The Kier molecular flexibility index (Phi) is 6.62. The van der Waals surface area contributed by atoms with Crippen LogP contribution in [0.1, 0.15) is 5.56 Å². The number of ether oxygens (including phenoxy) is 1. The van der Waals surface area contributed by atoms with Crippen LogP contribution in [0.15, 0.2) is 30.5 Å². The number of halogens is 6. The highest BCUT2D eigenvalue weighted by atomic mass is 35.5. The maximum Gasteiger partial charge on any atom is 0.417 e. The second kappa shape index (κ2) is 8.31. The van der Waals surface area contributed by atoms with Crippen LogP contribution in [0.2, 0.25) is 10.0 Å². The Morgan fingerprint density at radius 2 is 1.84 bits per heavy atom. The molecule has 25 heavy (non-hydrogen) atoms. The van der Waals surface area contributed by atoms with Gasteiger partial charge < -0.3 is 15.2 Å². The number of hydrogen-bond acceptors (Lipinski definition) is 4. The van der Waals surface area contributed by atoms with Gasteiger partial charge >= 0.3 is 6.18 Å². The van der Waals surface area contributed by atoms with Gasteiger partial charge in [-0.25, -0.2) is 4.98 Å². The van der Waals surface area contributed by atoms with E-state index in [2.05, 4.69) is 10.3 Å². The number of rotatable bonds is 6. The molecule has 1 atom stereocenters. The molecule has 136 valence electrons. The molecule has 0 amide bonds. The number of nitrogens with zero attached hydrogens (tertiary/aromatic N) is 1. The highest BCUT2D eigenvalue weighted by molar-refractivity contribution is 6.37. The largest absolute Gasteiger partial charge is 0.436 e. The predicted octanol–water partition coefficient (Wildman–Crippen LogP) is 5.21. The molecule has 1 heterocycles. The number of aliphatic hydroxyl groups is 1. The zero-order chi connectivity index (χ0) is 18.6. The van der Waals surface area contributed by atoms with E-state index in [9.17, 15) is 18.3 Å². The van der Waals surface area contributed by atoms with Gasteiger partial charge in [0.05, 0.1) is 27.6 Å². The first-order valence-corrected chi connectivity index (χ1v) is 8.17. The summed E-state index contributed by atoms with van der Waals surface area (Å²) >= 11 is 17.7. The zero-order valence-corrected chi connectivity index (χ0v) is 14.7. The van der Waals surface area contributed by atoms with Gasteiger partial charge in [-0.15, -0.1) is 11.6 Å². The van der Waals surface area contributed by atoms with Crippen molar-refractivity contribution < 1.29 is 23.0 Å². The van der Waals surface area contributed by atoms with Crippen LogP contribution in [0.3, 0.4) is 0 Å². The number of aliphatic hydroxyl groups excluding tert-OH is 1. The summed E-state index contributed by atoms with van der Waals surface area (Å²) in [5, 5.41) is 12.6. The fourth-order valence-electron chi connectivity index (χ4n) is 1.76. The van der Waals surface area contributed by atoms with Crippen LogP contribution in [0, 0.1) is 0 Å². The van der Waals surface area contributed by atoms with Gasteiger partial charge in [0, 0.05) is 24.5 Å². The van der Waals surface area contributed by atoms with Gasteiger partial charge in [0.15, 0.2) is 5.75 Å². The third-order valence-corrected chi connectivity index (χ3v) is 3.91. The van der Waals surface area contributed by atoms with Crippen LogP contribution in [-0.4, -0.2) is 28.6 Å². The fourth-order valence-corrected chi connectivity index (χ4v) is 2.44. The molecule has 0 aliphatic carbocycles. The Morgan fingerprint density at radius 1 is 1.20 bits per heavy atom. The summed E-state index contributed by atoms with van der Waals surface area (Å²) in [5.74, 6) is 0.0315. The van der Waals surface area contributed by atoms with Crippen LogP contribution in [-0.2, 0) is 6.18 Å². The smallest absolute Gasteiger partial charge is 0.417 e. The van der Waals surface area contributed by atoms with E-state index >= 15 is 0 Å². The van der Waals surface area contributed by atoms with E-state index in [1.807, 2.05) is 0 Å². The molecule has 2 rings (SSSR count). The molecular formula is C15H12Cl3F3N2O2. The minimum atomic E-state index is -4.48. The number of pyridine rings is 1. The van der Waals surface area contributed by atoms with Gasteiger partial charge in [-0.3, -0.25) is 0 Å². The van der Waals surface area contributed by atoms with Crippen molar-refractivity contribution in [3.05, 3.63) is 46.1 Å². The Hall–Kier alpha value is -1.41. The van der Waals surface area contributed by atoms with Crippen molar-refractivity contribution >= 4 is 40.5 Å². The minimum absolute atomic E-state index is 0.0547. The SMILES string of the molecule is OC(CCl)CNc1cc(Cl)c(Oc2ccc(C(F)(F)F)cn2)c(Cl)c1. The van der Waals surface area contributed by atoms with Gasteiger partial charge in [0.1, 0.15) is 0 Å². The van der Waals surface area contributed by atoms with Crippen molar-refractivity contribution in [2.75, 3.05) is 17.7 Å². The van der Waals surface area contributed by atoms with Crippen LogP contribution in [0.25, 0.3) is 0 Å². The Labute approximate surface area is 156 Å². The number of hydrogen-bond donors (Lipinski definition) is 2. The van der Waals surface area contributed by atoms with Crippen molar-refractivity contribution in [3.63, 3.8) is 0 Å². The minimum Gasteiger partial charge on any atom is -0.436 e. The number of benzene rings is 1. The summed E-state index contributed by atoms with van der Waals surface area (Å²) in [4.78, 5) is 3.59. The van der Waals surface area contributed by atoms with Crippen molar-refractivity contribution in [2.24, 2.45) is 0 Å². The van der Waals surface area contributed by atoms with E-state index in [1.54, 1.807) is 0 Å². The normalized spacial score (nSPS) is 12.8. The lowest BCUT2D eigenvalue weighted by Gasteiger charge is -2.14. The highest BCUT2D eigenvalue weighted by Crippen LogP contribution is 2.39. The molecule has 0 saturated carbocycles. The molecule has 0 aliphatic rings. The quantitative estimate of drug-likeness (QED) is 0.636. The molecule has 10 heteroatoms. The zero-order valence-electron chi connectivity index (χ0n) is 12.4. The molecule has 0 spiro atoms. The number of anilines is 1. The summed E-state index contributed by atoms with van der Waals surface area (Å²) in [5.41, 5.74) is -0.374.